The first-order valence-electron chi connectivity index (χ1n) is 6.78. The van der Waals surface area contributed by atoms with Crippen LogP contribution in [0.2, 0.25) is 0 Å². The van der Waals surface area contributed by atoms with Crippen LogP contribution in [0, 0.1) is 6.92 Å². The number of rotatable bonds is 4. The monoisotopic (exact) mass is 293 g/mol. The summed E-state index contributed by atoms with van der Waals surface area (Å²) in [5, 5.41) is 0. The maximum atomic E-state index is 12.4. The van der Waals surface area contributed by atoms with Gasteiger partial charge >= 0.3 is 0 Å². The molecule has 0 N–H and O–H groups in total. The van der Waals surface area contributed by atoms with Crippen molar-refractivity contribution >= 4 is 28.5 Å². The van der Waals surface area contributed by atoms with Gasteiger partial charge in [-0.1, -0.05) is 6.07 Å². The van der Waals surface area contributed by atoms with E-state index in [1.807, 2.05) is 50.6 Å². The number of alkyl halides is 1. The molecule has 0 aliphatic carbocycles. The quantitative estimate of drug-likeness (QED) is 0.812. The van der Waals surface area contributed by atoms with Crippen LogP contribution in [0.15, 0.2) is 18.2 Å². The third-order valence-corrected chi connectivity index (χ3v) is 3.87. The second kappa shape index (κ2) is 5.83. The number of aromatic nitrogens is 2. The zero-order valence-corrected chi connectivity index (χ0v) is 13.1. The Bertz CT molecular complexity index is 635. The summed E-state index contributed by atoms with van der Waals surface area (Å²) in [6.07, 6.45) is 0. The summed E-state index contributed by atoms with van der Waals surface area (Å²) in [6, 6.07) is 5.74. The molecule has 0 saturated heterocycles. The highest BCUT2D eigenvalue weighted by atomic mass is 35.5. The normalized spacial score (nSPS) is 12.7. The van der Waals surface area contributed by atoms with Crippen LogP contribution in [0.25, 0.3) is 11.0 Å². The van der Waals surface area contributed by atoms with Crippen molar-refractivity contribution in [3.8, 4) is 0 Å². The highest BCUT2D eigenvalue weighted by Gasteiger charge is 2.23. The van der Waals surface area contributed by atoms with Crippen molar-refractivity contribution in [1.82, 2.24) is 14.5 Å². The molecule has 2 rings (SSSR count). The van der Waals surface area contributed by atoms with Gasteiger partial charge in [-0.3, -0.25) is 4.79 Å². The van der Waals surface area contributed by atoms with E-state index >= 15 is 0 Å². The predicted octanol–water partition coefficient (Wildman–Crippen LogP) is 3.12. The van der Waals surface area contributed by atoms with E-state index in [0.29, 0.717) is 12.4 Å². The lowest BCUT2D eigenvalue weighted by Gasteiger charge is -2.22. The summed E-state index contributed by atoms with van der Waals surface area (Å²) >= 11 is 6.00. The number of nitrogens with zero attached hydrogens (tertiary/aromatic N) is 3. The Morgan fingerprint density at radius 2 is 2.20 bits per heavy atom. The number of hydrogen-bond donors (Lipinski definition) is 0. The zero-order chi connectivity index (χ0) is 14.9. The molecule has 108 valence electrons. The van der Waals surface area contributed by atoms with Crippen molar-refractivity contribution < 1.29 is 4.79 Å². The molecular weight excluding hydrogens is 274 g/mol. The van der Waals surface area contributed by atoms with Crippen molar-refractivity contribution in [2.75, 3.05) is 13.6 Å². The topological polar surface area (TPSA) is 38.1 Å². The van der Waals surface area contributed by atoms with Gasteiger partial charge in [0, 0.05) is 13.6 Å². The molecule has 0 radical (unpaired) electrons. The van der Waals surface area contributed by atoms with Crippen LogP contribution in [-0.2, 0) is 10.7 Å². The molecule has 20 heavy (non-hydrogen) atoms. The molecule has 1 atom stereocenters. The third kappa shape index (κ3) is 2.52. The van der Waals surface area contributed by atoms with E-state index in [1.165, 1.54) is 0 Å². The lowest BCUT2D eigenvalue weighted by molar-refractivity contribution is -0.132. The van der Waals surface area contributed by atoms with Gasteiger partial charge in [-0.25, -0.2) is 4.98 Å². The van der Waals surface area contributed by atoms with E-state index in [-0.39, 0.29) is 11.9 Å². The van der Waals surface area contributed by atoms with Gasteiger partial charge in [0.1, 0.15) is 11.9 Å². The van der Waals surface area contributed by atoms with E-state index in [1.54, 1.807) is 4.90 Å². The van der Waals surface area contributed by atoms with Gasteiger partial charge in [0.2, 0.25) is 5.91 Å². The molecule has 0 saturated carbocycles. The molecule has 0 bridgehead atoms. The van der Waals surface area contributed by atoms with Crippen LogP contribution in [0.4, 0.5) is 0 Å². The maximum Gasteiger partial charge on any atom is 0.245 e. The molecule has 1 aromatic heterocycles. The molecule has 0 spiro atoms. The number of fused-ring (bicyclic) bond motifs is 1. The summed E-state index contributed by atoms with van der Waals surface area (Å²) in [6.45, 7) is 6.57. The van der Waals surface area contributed by atoms with Crippen LogP contribution in [0.5, 0.6) is 0 Å². The van der Waals surface area contributed by atoms with Crippen molar-refractivity contribution in [2.24, 2.45) is 0 Å². The Kier molecular flexibility index (Phi) is 4.33. The average Bonchev–Trinajstić information content (AvgIpc) is 2.82. The number of likely N-dealkylation sites (N-methyl/N-ethyl adjacent to an activating group) is 1. The highest BCUT2D eigenvalue weighted by molar-refractivity contribution is 6.17. The number of aryl methyl sites for hydroxylation is 1. The fraction of sp³-hybridized carbons (Fsp3) is 0.467. The van der Waals surface area contributed by atoms with E-state index < -0.39 is 0 Å². The molecule has 0 aliphatic heterocycles. The van der Waals surface area contributed by atoms with Crippen LogP contribution in [0.1, 0.15) is 31.3 Å². The Balaban J connectivity index is 2.54. The molecule has 4 nitrogen and oxygen atoms in total. The smallest absolute Gasteiger partial charge is 0.245 e. The predicted molar refractivity (Wildman–Crippen MR) is 82.0 cm³/mol. The number of halogens is 1. The maximum absolute atomic E-state index is 12.4. The highest BCUT2D eigenvalue weighted by Crippen LogP contribution is 2.24. The minimum Gasteiger partial charge on any atom is -0.344 e. The molecule has 2 aromatic rings. The molecule has 0 fully saturated rings. The fourth-order valence-electron chi connectivity index (χ4n) is 2.37. The third-order valence-electron chi connectivity index (χ3n) is 3.63. The Morgan fingerprint density at radius 3 is 2.80 bits per heavy atom. The molecular formula is C15H20ClN3O. The standard InChI is InChI=1S/C15H20ClN3O/c1-5-18(4)15(20)11(3)19-13-7-6-10(2)8-12(13)17-14(19)9-16/h6-8,11H,5,9H2,1-4H3. The van der Waals surface area contributed by atoms with Gasteiger partial charge in [-0.15, -0.1) is 11.6 Å². The first-order chi connectivity index (χ1) is 9.49. The summed E-state index contributed by atoms with van der Waals surface area (Å²) in [5.74, 6) is 1.10. The summed E-state index contributed by atoms with van der Waals surface area (Å²) < 4.78 is 1.94. The zero-order valence-electron chi connectivity index (χ0n) is 12.4. The Hall–Kier alpha value is -1.55. The number of imidazole rings is 1. The molecule has 5 heteroatoms. The summed E-state index contributed by atoms with van der Waals surface area (Å²) in [5.41, 5.74) is 2.99. The van der Waals surface area contributed by atoms with Crippen LogP contribution in [-0.4, -0.2) is 34.0 Å². The molecule has 1 unspecified atom stereocenters. The number of carbonyl (C=O) groups is 1. The first-order valence-corrected chi connectivity index (χ1v) is 7.31. The van der Waals surface area contributed by atoms with Crippen LogP contribution in [0.3, 0.4) is 0 Å². The van der Waals surface area contributed by atoms with Crippen LogP contribution < -0.4 is 0 Å². The van der Waals surface area contributed by atoms with Gasteiger partial charge < -0.3 is 9.47 Å². The number of amides is 1. The van der Waals surface area contributed by atoms with Crippen molar-refractivity contribution in [2.45, 2.75) is 32.7 Å². The number of carbonyl (C=O) groups excluding carboxylic acids is 1. The molecule has 1 heterocycles. The van der Waals surface area contributed by atoms with E-state index in [0.717, 1.165) is 22.4 Å². The van der Waals surface area contributed by atoms with Gasteiger partial charge in [-0.2, -0.15) is 0 Å². The number of benzene rings is 1. The van der Waals surface area contributed by atoms with Gasteiger partial charge in [0.15, 0.2) is 0 Å². The van der Waals surface area contributed by atoms with Crippen molar-refractivity contribution in [1.29, 1.82) is 0 Å². The van der Waals surface area contributed by atoms with E-state index in [2.05, 4.69) is 4.98 Å². The van der Waals surface area contributed by atoms with Crippen molar-refractivity contribution in [3.63, 3.8) is 0 Å². The largest absolute Gasteiger partial charge is 0.344 e. The summed E-state index contributed by atoms with van der Waals surface area (Å²) in [4.78, 5) is 18.6. The minimum absolute atomic E-state index is 0.0683. The Morgan fingerprint density at radius 1 is 1.50 bits per heavy atom. The van der Waals surface area contributed by atoms with Crippen LogP contribution >= 0.6 is 11.6 Å². The van der Waals surface area contributed by atoms with E-state index in [9.17, 15) is 4.79 Å². The molecule has 1 amide bonds. The Labute approximate surface area is 124 Å². The van der Waals surface area contributed by atoms with Gasteiger partial charge in [0.25, 0.3) is 0 Å². The summed E-state index contributed by atoms with van der Waals surface area (Å²) in [7, 11) is 1.81. The lowest BCUT2D eigenvalue weighted by atomic mass is 10.2. The SMILES string of the molecule is CCN(C)C(=O)C(C)n1c(CCl)nc2cc(C)ccc21. The second-order valence-electron chi connectivity index (χ2n) is 5.05. The van der Waals surface area contributed by atoms with E-state index in [4.69, 9.17) is 11.6 Å². The molecule has 1 aromatic carbocycles. The lowest BCUT2D eigenvalue weighted by Crippen LogP contribution is -2.33. The minimum atomic E-state index is -0.304. The average molecular weight is 294 g/mol. The number of hydrogen-bond acceptors (Lipinski definition) is 2. The van der Waals surface area contributed by atoms with Gasteiger partial charge in [0.05, 0.1) is 16.9 Å². The van der Waals surface area contributed by atoms with Crippen molar-refractivity contribution in [3.05, 3.63) is 29.6 Å². The molecule has 0 aliphatic rings. The fourth-order valence-corrected chi connectivity index (χ4v) is 2.56. The first kappa shape index (κ1) is 14.9. The second-order valence-corrected chi connectivity index (χ2v) is 5.32. The van der Waals surface area contributed by atoms with Gasteiger partial charge in [-0.05, 0) is 38.5 Å².